The van der Waals surface area contributed by atoms with Gasteiger partial charge < -0.3 is 58.8 Å². The fourth-order valence-electron chi connectivity index (χ4n) is 8.15. The molecule has 0 saturated carbocycles. The molecule has 4 atom stereocenters. The van der Waals surface area contributed by atoms with Gasteiger partial charge in [-0.25, -0.2) is 0 Å². The summed E-state index contributed by atoms with van der Waals surface area (Å²) in [7, 11) is 4.24. The molecule has 0 aliphatic heterocycles. The van der Waals surface area contributed by atoms with Crippen molar-refractivity contribution in [3.63, 3.8) is 0 Å². The van der Waals surface area contributed by atoms with Crippen molar-refractivity contribution in [2.45, 2.75) is 134 Å². The topological polar surface area (TPSA) is 313 Å². The summed E-state index contributed by atoms with van der Waals surface area (Å²) >= 11 is 0. The van der Waals surface area contributed by atoms with Gasteiger partial charge in [0.25, 0.3) is 17.7 Å². The largest absolute Gasteiger partial charge is 0.496 e. The SMILES string of the molecule is CCC(=O)[C@H](CCCCN)NC(=O)c1cc(CC(=O)[C@H](CCCCN)NC(=O)c2cc(CC(=O)[C@H](CCCCN)NC(=O)c3cc(CC(=O)[C@@H](N)CCCCN)ccc3OC)ccc2OC)ccc1OC. The molecule has 0 bridgehead atoms. The third-order valence-corrected chi connectivity index (χ3v) is 12.3. The molecular formula is C53H78N8O10. The fourth-order valence-corrected chi connectivity index (χ4v) is 8.15. The minimum absolute atomic E-state index is 0.00764. The zero-order valence-corrected chi connectivity index (χ0v) is 42.1. The Hall–Kier alpha value is -6.05. The number of ether oxygens (including phenoxy) is 3. The molecule has 0 saturated heterocycles. The number of unbranched alkanes of at least 4 members (excludes halogenated alkanes) is 4. The number of Topliss-reactive ketones (excluding diaryl/α,β-unsaturated/α-hetero) is 4. The number of amides is 3. The molecule has 18 heteroatoms. The number of nitrogens with two attached hydrogens (primary N) is 5. The molecule has 390 valence electrons. The van der Waals surface area contributed by atoms with E-state index in [4.69, 9.17) is 42.9 Å². The molecule has 0 fully saturated rings. The highest BCUT2D eigenvalue weighted by Crippen LogP contribution is 2.25. The number of methoxy groups -OCH3 is 3. The van der Waals surface area contributed by atoms with Gasteiger partial charge in [-0.2, -0.15) is 0 Å². The average molecular weight is 987 g/mol. The molecule has 0 aromatic heterocycles. The molecule has 3 aromatic carbocycles. The Morgan fingerprint density at radius 1 is 0.437 bits per heavy atom. The zero-order chi connectivity index (χ0) is 52.3. The predicted octanol–water partition coefficient (Wildman–Crippen LogP) is 3.57. The van der Waals surface area contributed by atoms with E-state index in [1.807, 2.05) is 0 Å². The molecule has 13 N–H and O–H groups in total. The highest BCUT2D eigenvalue weighted by Gasteiger charge is 2.28. The standard InChI is InChI=1S/C53H78N8O10/c1-5-44(62)41(15-7-11-25-55)59-51(66)38-29-35(19-22-49(38)70-3)32-46(64)43(17-9-13-27-57)61-53(68)39-30-36(20-23-50(39)71-4)33-47(65)42(16-8-12-26-56)60-52(67)37-28-34(18-21-48(37)69-2)31-45(63)40(58)14-6-10-24-54/h18-23,28-30,40-43H,5-17,24-27,31-33,54-58H2,1-4H3,(H,59,66)(H,60,67)(H,61,68)/t40-,41-,42-,43-/m0/s1. The van der Waals surface area contributed by atoms with Crippen LogP contribution in [0, 0.1) is 0 Å². The van der Waals surface area contributed by atoms with Crippen LogP contribution in [0.5, 0.6) is 17.2 Å². The van der Waals surface area contributed by atoms with E-state index in [-0.39, 0.29) is 95.6 Å². The molecule has 0 unspecified atom stereocenters. The van der Waals surface area contributed by atoms with Crippen LogP contribution in [-0.2, 0) is 38.4 Å². The van der Waals surface area contributed by atoms with Crippen molar-refractivity contribution in [3.8, 4) is 17.2 Å². The first-order valence-corrected chi connectivity index (χ1v) is 24.8. The first-order chi connectivity index (χ1) is 34.2. The number of benzene rings is 3. The third-order valence-electron chi connectivity index (χ3n) is 12.3. The van der Waals surface area contributed by atoms with E-state index in [2.05, 4.69) is 16.0 Å². The van der Waals surface area contributed by atoms with Crippen LogP contribution in [-0.4, -0.2) is 113 Å². The lowest BCUT2D eigenvalue weighted by molar-refractivity contribution is -0.121. The summed E-state index contributed by atoms with van der Waals surface area (Å²) in [5, 5.41) is 8.60. The maximum Gasteiger partial charge on any atom is 0.255 e. The third kappa shape index (κ3) is 19.2. The summed E-state index contributed by atoms with van der Waals surface area (Å²) in [6, 6.07) is 11.1. The zero-order valence-electron chi connectivity index (χ0n) is 42.1. The Morgan fingerprint density at radius 2 is 0.732 bits per heavy atom. The predicted molar refractivity (Wildman–Crippen MR) is 274 cm³/mol. The van der Waals surface area contributed by atoms with E-state index in [9.17, 15) is 33.6 Å². The van der Waals surface area contributed by atoms with Crippen LogP contribution in [0.3, 0.4) is 0 Å². The summed E-state index contributed by atoms with van der Waals surface area (Å²) in [4.78, 5) is 95.6. The van der Waals surface area contributed by atoms with Gasteiger partial charge in [0.15, 0.2) is 23.1 Å². The molecule has 3 rings (SSSR count). The quantitative estimate of drug-likeness (QED) is 0.0386. The molecule has 18 nitrogen and oxygen atoms in total. The molecule has 3 aromatic rings. The number of hydrogen-bond acceptors (Lipinski definition) is 15. The fraction of sp³-hybridized carbons (Fsp3) is 0.528. The normalized spacial score (nSPS) is 12.7. The van der Waals surface area contributed by atoms with E-state index in [1.54, 1.807) is 55.5 Å². The van der Waals surface area contributed by atoms with Gasteiger partial charge in [-0.1, -0.05) is 31.5 Å². The van der Waals surface area contributed by atoms with Crippen LogP contribution in [0.15, 0.2) is 54.6 Å². The number of hydrogen-bond donors (Lipinski definition) is 8. The molecule has 0 heterocycles. The molecule has 0 radical (unpaired) electrons. The lowest BCUT2D eigenvalue weighted by Crippen LogP contribution is -2.42. The first kappa shape index (κ1) is 59.3. The van der Waals surface area contributed by atoms with Crippen LogP contribution in [0.25, 0.3) is 0 Å². The maximum absolute atomic E-state index is 14.2. The van der Waals surface area contributed by atoms with Crippen molar-refractivity contribution in [2.75, 3.05) is 47.5 Å². The molecule has 0 aliphatic carbocycles. The van der Waals surface area contributed by atoms with Crippen LogP contribution in [0.1, 0.15) is 138 Å². The molecule has 3 amide bonds. The Kier molecular flexibility index (Phi) is 26.7. The van der Waals surface area contributed by atoms with E-state index in [0.29, 0.717) is 94.2 Å². The molecule has 0 aliphatic rings. The van der Waals surface area contributed by atoms with Gasteiger partial charge in [0.1, 0.15) is 17.2 Å². The second-order valence-corrected chi connectivity index (χ2v) is 17.7. The van der Waals surface area contributed by atoms with Gasteiger partial charge in [0.05, 0.1) is 62.2 Å². The Balaban J connectivity index is 1.86. The highest BCUT2D eigenvalue weighted by atomic mass is 16.5. The first-order valence-electron chi connectivity index (χ1n) is 24.8. The number of carbonyl (C=O) groups is 7. The summed E-state index contributed by atoms with van der Waals surface area (Å²) in [5.74, 6) is -1.94. The van der Waals surface area contributed by atoms with Gasteiger partial charge in [-0.05, 0) is 150 Å². The van der Waals surface area contributed by atoms with Crippen molar-refractivity contribution in [1.82, 2.24) is 16.0 Å². The van der Waals surface area contributed by atoms with Crippen LogP contribution >= 0.6 is 0 Å². The van der Waals surface area contributed by atoms with Gasteiger partial charge >= 0.3 is 0 Å². The summed E-state index contributed by atoms with van der Waals surface area (Å²) in [6.07, 6.45) is 6.55. The van der Waals surface area contributed by atoms with Crippen molar-refractivity contribution >= 4 is 40.9 Å². The van der Waals surface area contributed by atoms with Crippen molar-refractivity contribution < 1.29 is 47.8 Å². The number of rotatable bonds is 36. The maximum atomic E-state index is 14.2. The minimum Gasteiger partial charge on any atom is -0.496 e. The van der Waals surface area contributed by atoms with Crippen LogP contribution in [0.2, 0.25) is 0 Å². The van der Waals surface area contributed by atoms with Crippen molar-refractivity contribution in [2.24, 2.45) is 28.7 Å². The Labute approximate surface area is 418 Å². The monoisotopic (exact) mass is 987 g/mol. The summed E-state index contributed by atoms with van der Waals surface area (Å²) in [5.41, 5.74) is 30.8. The molecular weight excluding hydrogens is 909 g/mol. The Bertz CT molecular complexity index is 2240. The number of ketones is 4. The van der Waals surface area contributed by atoms with Crippen molar-refractivity contribution in [3.05, 3.63) is 88.0 Å². The van der Waals surface area contributed by atoms with Crippen LogP contribution < -0.4 is 58.8 Å². The van der Waals surface area contributed by atoms with Gasteiger partial charge in [0.2, 0.25) is 0 Å². The van der Waals surface area contributed by atoms with E-state index in [0.717, 1.165) is 12.8 Å². The van der Waals surface area contributed by atoms with E-state index in [1.165, 1.54) is 27.4 Å². The lowest BCUT2D eigenvalue weighted by atomic mass is 9.96. The summed E-state index contributed by atoms with van der Waals surface area (Å²) < 4.78 is 16.5. The molecule has 0 spiro atoms. The number of nitrogens with one attached hydrogen (secondary N) is 3. The van der Waals surface area contributed by atoms with Gasteiger partial charge in [-0.3, -0.25) is 33.6 Å². The lowest BCUT2D eigenvalue weighted by Gasteiger charge is -2.21. The van der Waals surface area contributed by atoms with E-state index < -0.39 is 41.9 Å². The second kappa shape index (κ2) is 32.0. The second-order valence-electron chi connectivity index (χ2n) is 17.7. The van der Waals surface area contributed by atoms with Gasteiger partial charge in [0, 0.05) is 25.7 Å². The minimum atomic E-state index is -0.966. The average Bonchev–Trinajstić information content (AvgIpc) is 3.37. The highest BCUT2D eigenvalue weighted by molar-refractivity contribution is 6.03. The summed E-state index contributed by atoms with van der Waals surface area (Å²) in [6.45, 7) is 3.48. The van der Waals surface area contributed by atoms with Crippen LogP contribution in [0.4, 0.5) is 0 Å². The smallest absolute Gasteiger partial charge is 0.255 e. The molecule has 71 heavy (non-hydrogen) atoms. The van der Waals surface area contributed by atoms with Crippen molar-refractivity contribution in [1.29, 1.82) is 0 Å². The Morgan fingerprint density at radius 3 is 1.03 bits per heavy atom. The number of carbonyl (C=O) groups excluding carboxylic acids is 7. The van der Waals surface area contributed by atoms with E-state index >= 15 is 0 Å². The van der Waals surface area contributed by atoms with Gasteiger partial charge in [-0.15, -0.1) is 0 Å².